The van der Waals surface area contributed by atoms with E-state index in [2.05, 4.69) is 20.3 Å². The van der Waals surface area contributed by atoms with Crippen molar-refractivity contribution in [2.24, 2.45) is 0 Å². The molecule has 0 spiro atoms. The second-order valence-electron chi connectivity index (χ2n) is 10.0. The van der Waals surface area contributed by atoms with E-state index in [1.54, 1.807) is 33.7 Å². The average Bonchev–Trinajstić information content (AvgIpc) is 3.31. The number of amides is 1. The standard InChI is InChI=1S/C28H28F2N6O2/c29-28(30)11-14-34(15-12-28)16-19-3-5-20(6-4-19)24-2-1-13-36-25(24)32-27(33-36)31-22-9-7-21(8-10-22)26(38)35-17-23(37)18-35/h1-10,13,23,37H,11-12,14-18H2,(H,31,33). The number of hydrogen-bond acceptors (Lipinski definition) is 6. The largest absolute Gasteiger partial charge is 0.389 e. The van der Waals surface area contributed by atoms with Crippen molar-refractivity contribution < 1.29 is 18.7 Å². The number of benzene rings is 2. The Kier molecular flexibility index (Phi) is 6.29. The number of carbonyl (C=O) groups is 1. The second-order valence-corrected chi connectivity index (χ2v) is 10.0. The number of nitrogens with zero attached hydrogens (tertiary/aromatic N) is 5. The molecule has 38 heavy (non-hydrogen) atoms. The molecule has 2 aromatic carbocycles. The van der Waals surface area contributed by atoms with Crippen LogP contribution >= 0.6 is 0 Å². The lowest BCUT2D eigenvalue weighted by Crippen LogP contribution is -2.53. The molecule has 2 saturated heterocycles. The third-order valence-corrected chi connectivity index (χ3v) is 7.16. The Morgan fingerprint density at radius 3 is 2.42 bits per heavy atom. The molecule has 0 bridgehead atoms. The third-order valence-electron chi connectivity index (χ3n) is 7.16. The van der Waals surface area contributed by atoms with Gasteiger partial charge in [0.2, 0.25) is 5.95 Å². The molecule has 2 N–H and O–H groups in total. The number of halogens is 2. The van der Waals surface area contributed by atoms with Crippen molar-refractivity contribution in [1.82, 2.24) is 24.4 Å². The summed E-state index contributed by atoms with van der Waals surface area (Å²) in [4.78, 5) is 20.8. The molecule has 1 amide bonds. The van der Waals surface area contributed by atoms with Crippen molar-refractivity contribution >= 4 is 23.2 Å². The van der Waals surface area contributed by atoms with Gasteiger partial charge in [-0.05, 0) is 47.5 Å². The molecular formula is C28H28F2N6O2. The number of likely N-dealkylation sites (tertiary alicyclic amines) is 2. The Morgan fingerprint density at radius 1 is 1.03 bits per heavy atom. The van der Waals surface area contributed by atoms with Gasteiger partial charge in [-0.3, -0.25) is 9.69 Å². The van der Waals surface area contributed by atoms with Gasteiger partial charge < -0.3 is 15.3 Å². The number of aliphatic hydroxyl groups excluding tert-OH is 1. The predicted molar refractivity (Wildman–Crippen MR) is 140 cm³/mol. The lowest BCUT2D eigenvalue weighted by molar-refractivity contribution is -0.0566. The van der Waals surface area contributed by atoms with Crippen LogP contribution in [0.3, 0.4) is 0 Å². The molecule has 8 nitrogen and oxygen atoms in total. The van der Waals surface area contributed by atoms with Crippen LogP contribution in [0.5, 0.6) is 0 Å². The SMILES string of the molecule is O=C(c1ccc(Nc2nc3c(-c4ccc(CN5CCC(F)(F)CC5)cc4)cccn3n2)cc1)N1CC(O)C1. The topological polar surface area (TPSA) is 86.0 Å². The number of piperidine rings is 1. The number of pyridine rings is 1. The van der Waals surface area contributed by atoms with E-state index in [-0.39, 0.29) is 18.7 Å². The number of anilines is 2. The van der Waals surface area contributed by atoms with Gasteiger partial charge in [0.05, 0.1) is 6.10 Å². The van der Waals surface area contributed by atoms with Gasteiger partial charge in [0, 0.05) is 68.6 Å². The van der Waals surface area contributed by atoms with Gasteiger partial charge in [-0.15, -0.1) is 5.10 Å². The Hall–Kier alpha value is -3.89. The summed E-state index contributed by atoms with van der Waals surface area (Å²) in [5.74, 6) is -2.20. The van der Waals surface area contributed by atoms with Gasteiger partial charge in [0.25, 0.3) is 11.8 Å². The fraction of sp³-hybridized carbons (Fsp3) is 0.321. The first kappa shape index (κ1) is 24.4. The van der Waals surface area contributed by atoms with E-state index in [1.165, 1.54) is 0 Å². The monoisotopic (exact) mass is 518 g/mol. The van der Waals surface area contributed by atoms with E-state index < -0.39 is 12.0 Å². The highest BCUT2D eigenvalue weighted by Gasteiger charge is 2.33. The maximum Gasteiger partial charge on any atom is 0.254 e. The predicted octanol–water partition coefficient (Wildman–Crippen LogP) is 4.19. The fourth-order valence-electron chi connectivity index (χ4n) is 4.90. The van der Waals surface area contributed by atoms with Crippen molar-refractivity contribution in [3.63, 3.8) is 0 Å². The minimum Gasteiger partial charge on any atom is -0.389 e. The minimum absolute atomic E-state index is 0.0811. The number of hydrogen-bond donors (Lipinski definition) is 2. The molecule has 4 aromatic rings. The summed E-state index contributed by atoms with van der Waals surface area (Å²) in [5, 5.41) is 17.2. The van der Waals surface area contributed by atoms with Crippen molar-refractivity contribution in [2.45, 2.75) is 31.4 Å². The Balaban J connectivity index is 1.14. The first-order valence-electron chi connectivity index (χ1n) is 12.7. The van der Waals surface area contributed by atoms with Crippen LogP contribution in [0.2, 0.25) is 0 Å². The molecule has 2 aromatic heterocycles. The Bertz CT molecular complexity index is 1440. The molecule has 196 valence electrons. The van der Waals surface area contributed by atoms with Crippen molar-refractivity contribution in [2.75, 3.05) is 31.5 Å². The molecule has 0 radical (unpaired) electrons. The number of carbonyl (C=O) groups excluding carboxylic acids is 1. The summed E-state index contributed by atoms with van der Waals surface area (Å²) in [5.41, 5.74) is 5.01. The van der Waals surface area contributed by atoms with Gasteiger partial charge in [0.1, 0.15) is 0 Å². The maximum absolute atomic E-state index is 13.4. The van der Waals surface area contributed by atoms with E-state index in [0.29, 0.717) is 49.9 Å². The number of fused-ring (bicyclic) bond motifs is 1. The zero-order chi connectivity index (χ0) is 26.3. The van der Waals surface area contributed by atoms with Crippen LogP contribution in [-0.2, 0) is 6.54 Å². The smallest absolute Gasteiger partial charge is 0.254 e. The third kappa shape index (κ3) is 5.09. The highest BCUT2D eigenvalue weighted by Crippen LogP contribution is 2.29. The fourth-order valence-corrected chi connectivity index (χ4v) is 4.90. The summed E-state index contributed by atoms with van der Waals surface area (Å²) in [6, 6.07) is 19.1. The average molecular weight is 519 g/mol. The van der Waals surface area contributed by atoms with Gasteiger partial charge >= 0.3 is 0 Å². The number of alkyl halides is 2. The molecular weight excluding hydrogens is 490 g/mol. The molecule has 0 unspecified atom stereocenters. The molecule has 2 aliphatic heterocycles. The molecule has 0 atom stereocenters. The number of β-amino-alcohol motifs (C(OH)–C–C–N with tert-alkyl or cyclic N) is 1. The van der Waals surface area contributed by atoms with E-state index >= 15 is 0 Å². The molecule has 0 saturated carbocycles. The Labute approximate surface area is 218 Å². The van der Waals surface area contributed by atoms with E-state index in [1.807, 2.05) is 42.6 Å². The van der Waals surface area contributed by atoms with E-state index in [0.717, 1.165) is 22.4 Å². The van der Waals surface area contributed by atoms with Crippen molar-refractivity contribution in [3.8, 4) is 11.1 Å². The highest BCUT2D eigenvalue weighted by molar-refractivity contribution is 5.95. The molecule has 6 rings (SSSR count). The van der Waals surface area contributed by atoms with Gasteiger partial charge in [0.15, 0.2) is 5.65 Å². The first-order valence-corrected chi connectivity index (χ1v) is 12.7. The van der Waals surface area contributed by atoms with Crippen LogP contribution in [0.15, 0.2) is 66.9 Å². The number of aliphatic hydroxyl groups is 1. The van der Waals surface area contributed by atoms with Crippen molar-refractivity contribution in [3.05, 3.63) is 78.0 Å². The lowest BCUT2D eigenvalue weighted by Gasteiger charge is -2.35. The van der Waals surface area contributed by atoms with Crippen LogP contribution in [-0.4, -0.2) is 73.6 Å². The zero-order valence-electron chi connectivity index (χ0n) is 20.7. The molecule has 2 aliphatic rings. The number of rotatable bonds is 6. The van der Waals surface area contributed by atoms with Crippen LogP contribution in [0.25, 0.3) is 16.8 Å². The van der Waals surface area contributed by atoms with Gasteiger partial charge in [-0.2, -0.15) is 4.98 Å². The highest BCUT2D eigenvalue weighted by atomic mass is 19.3. The molecule has 0 aliphatic carbocycles. The zero-order valence-corrected chi connectivity index (χ0v) is 20.7. The number of nitrogens with one attached hydrogen (secondary N) is 1. The van der Waals surface area contributed by atoms with Gasteiger partial charge in [-0.25, -0.2) is 13.3 Å². The van der Waals surface area contributed by atoms with Crippen LogP contribution in [0, 0.1) is 0 Å². The van der Waals surface area contributed by atoms with Crippen LogP contribution < -0.4 is 5.32 Å². The van der Waals surface area contributed by atoms with Gasteiger partial charge in [-0.1, -0.05) is 24.3 Å². The molecule has 2 fully saturated rings. The van der Waals surface area contributed by atoms with Crippen LogP contribution in [0.1, 0.15) is 28.8 Å². The second kappa shape index (κ2) is 9.77. The molecule has 10 heteroatoms. The summed E-state index contributed by atoms with van der Waals surface area (Å²) in [7, 11) is 0. The maximum atomic E-state index is 13.4. The van der Waals surface area contributed by atoms with E-state index in [9.17, 15) is 18.7 Å². The lowest BCUT2D eigenvalue weighted by atomic mass is 10.0. The summed E-state index contributed by atoms with van der Waals surface area (Å²) >= 11 is 0. The number of aromatic nitrogens is 3. The van der Waals surface area contributed by atoms with Crippen molar-refractivity contribution in [1.29, 1.82) is 0 Å². The summed E-state index contributed by atoms with van der Waals surface area (Å²) in [6.07, 6.45) is 1.24. The Morgan fingerprint density at radius 2 is 1.74 bits per heavy atom. The minimum atomic E-state index is -2.54. The molecule has 4 heterocycles. The van der Waals surface area contributed by atoms with E-state index in [4.69, 9.17) is 0 Å². The summed E-state index contributed by atoms with van der Waals surface area (Å²) in [6.45, 7) is 2.21. The summed E-state index contributed by atoms with van der Waals surface area (Å²) < 4.78 is 28.6. The quantitative estimate of drug-likeness (QED) is 0.398. The first-order chi connectivity index (χ1) is 18.3. The van der Waals surface area contributed by atoms with Crippen LogP contribution in [0.4, 0.5) is 20.4 Å². The normalized spacial score (nSPS) is 17.9.